The van der Waals surface area contributed by atoms with Crippen molar-refractivity contribution in [3.8, 4) is 0 Å². The average molecular weight is 331 g/mol. The molecular weight excluding hydrogens is 315 g/mol. The van der Waals surface area contributed by atoms with Gasteiger partial charge in [-0.05, 0) is 18.9 Å². The van der Waals surface area contributed by atoms with Gasteiger partial charge in [-0.1, -0.05) is 6.92 Å². The minimum atomic E-state index is -4.39. The Morgan fingerprint density at radius 3 is 2.86 bits per heavy atom. The Morgan fingerprint density at radius 2 is 2.23 bits per heavy atom. The second kappa shape index (κ2) is 5.86. The van der Waals surface area contributed by atoms with Gasteiger partial charge in [0.05, 0.1) is 6.04 Å². The van der Waals surface area contributed by atoms with Gasteiger partial charge < -0.3 is 4.90 Å². The molecule has 1 unspecified atom stereocenters. The zero-order valence-electron chi connectivity index (χ0n) is 12.0. The Labute approximate surface area is 129 Å². The molecule has 1 fully saturated rings. The van der Waals surface area contributed by atoms with Crippen molar-refractivity contribution in [1.82, 2.24) is 19.1 Å². The van der Waals surface area contributed by atoms with Gasteiger partial charge in [0.1, 0.15) is 5.82 Å². The summed E-state index contributed by atoms with van der Waals surface area (Å²) < 4.78 is 43.6. The molecule has 3 heterocycles. The van der Waals surface area contributed by atoms with Crippen molar-refractivity contribution in [2.45, 2.75) is 38.4 Å². The van der Waals surface area contributed by atoms with Crippen LogP contribution in [0.25, 0.3) is 0 Å². The fourth-order valence-corrected chi connectivity index (χ4v) is 3.34. The van der Waals surface area contributed by atoms with E-state index in [1.54, 1.807) is 0 Å². The molecule has 0 bridgehead atoms. The van der Waals surface area contributed by atoms with E-state index in [0.717, 1.165) is 42.8 Å². The van der Waals surface area contributed by atoms with Crippen molar-refractivity contribution in [3.63, 3.8) is 0 Å². The third-order valence-corrected chi connectivity index (χ3v) is 4.53. The summed E-state index contributed by atoms with van der Waals surface area (Å²) in [5, 5.41) is 4.52. The molecule has 9 heteroatoms. The summed E-state index contributed by atoms with van der Waals surface area (Å²) in [6.45, 7) is 3.45. The van der Waals surface area contributed by atoms with Gasteiger partial charge in [0.15, 0.2) is 5.69 Å². The normalized spacial score (nSPS) is 19.6. The van der Waals surface area contributed by atoms with Crippen molar-refractivity contribution in [3.05, 3.63) is 23.8 Å². The van der Waals surface area contributed by atoms with Crippen LogP contribution in [-0.4, -0.2) is 32.2 Å². The number of halogens is 3. The molecule has 0 amide bonds. The molecular formula is C13H16F3N5S. The van der Waals surface area contributed by atoms with Gasteiger partial charge in [-0.2, -0.15) is 22.6 Å². The van der Waals surface area contributed by atoms with Crippen LogP contribution in [0.2, 0.25) is 0 Å². The fourth-order valence-electron chi connectivity index (χ4n) is 2.55. The van der Waals surface area contributed by atoms with Gasteiger partial charge in [-0.25, -0.2) is 4.98 Å². The summed E-state index contributed by atoms with van der Waals surface area (Å²) in [4.78, 5) is 6.53. The number of rotatable bonds is 3. The van der Waals surface area contributed by atoms with Crippen molar-refractivity contribution >= 4 is 16.7 Å². The zero-order valence-corrected chi connectivity index (χ0v) is 12.9. The molecule has 22 heavy (non-hydrogen) atoms. The molecule has 3 rings (SSSR count). The van der Waals surface area contributed by atoms with E-state index in [0.29, 0.717) is 6.54 Å². The van der Waals surface area contributed by atoms with E-state index in [4.69, 9.17) is 0 Å². The highest BCUT2D eigenvalue weighted by molar-refractivity contribution is 7.09. The Balaban J connectivity index is 1.74. The standard InChI is InChI=1S/C13H16F3N5S/c1-2-11-17-12(22-19-11)20-6-3-4-9(8-20)21-7-5-10(18-21)13(14,15)16/h5,7,9H,2-4,6,8H2,1H3. The predicted molar refractivity (Wildman–Crippen MR) is 77.0 cm³/mol. The van der Waals surface area contributed by atoms with Crippen LogP contribution in [-0.2, 0) is 12.6 Å². The van der Waals surface area contributed by atoms with E-state index in [1.807, 2.05) is 6.92 Å². The second-order valence-electron chi connectivity index (χ2n) is 5.27. The maximum Gasteiger partial charge on any atom is 0.435 e. The summed E-state index contributed by atoms with van der Waals surface area (Å²) in [6, 6.07) is 0.956. The van der Waals surface area contributed by atoms with Crippen molar-refractivity contribution in [1.29, 1.82) is 0 Å². The molecule has 0 spiro atoms. The van der Waals surface area contributed by atoms with E-state index in [2.05, 4.69) is 19.4 Å². The molecule has 2 aromatic rings. The highest BCUT2D eigenvalue weighted by atomic mass is 32.1. The molecule has 0 saturated carbocycles. The number of piperidine rings is 1. The first-order chi connectivity index (χ1) is 10.5. The average Bonchev–Trinajstić information content (AvgIpc) is 3.16. The molecule has 2 aromatic heterocycles. The first-order valence-corrected chi connectivity index (χ1v) is 7.94. The first kappa shape index (κ1) is 15.3. The molecule has 1 aliphatic heterocycles. The number of anilines is 1. The summed E-state index contributed by atoms with van der Waals surface area (Å²) in [6.07, 6.45) is -0.493. The first-order valence-electron chi connectivity index (χ1n) is 7.17. The van der Waals surface area contributed by atoms with Gasteiger partial charge in [0.25, 0.3) is 0 Å². The molecule has 1 aliphatic rings. The third kappa shape index (κ3) is 3.08. The van der Waals surface area contributed by atoms with Crippen LogP contribution in [0, 0.1) is 0 Å². The molecule has 0 aromatic carbocycles. The summed E-state index contributed by atoms with van der Waals surface area (Å²) in [5.74, 6) is 0.806. The van der Waals surface area contributed by atoms with Gasteiger partial charge in [-0.3, -0.25) is 4.68 Å². The van der Waals surface area contributed by atoms with Crippen molar-refractivity contribution < 1.29 is 13.2 Å². The molecule has 1 atom stereocenters. The van der Waals surface area contributed by atoms with Crippen LogP contribution >= 0.6 is 11.5 Å². The summed E-state index contributed by atoms with van der Waals surface area (Å²) >= 11 is 1.34. The third-order valence-electron chi connectivity index (χ3n) is 3.71. The number of hydrogen-bond donors (Lipinski definition) is 0. The van der Waals surface area contributed by atoms with Gasteiger partial charge in [-0.15, -0.1) is 0 Å². The van der Waals surface area contributed by atoms with Gasteiger partial charge in [0.2, 0.25) is 5.13 Å². The monoisotopic (exact) mass is 331 g/mol. The van der Waals surface area contributed by atoms with E-state index in [9.17, 15) is 13.2 Å². The van der Waals surface area contributed by atoms with Gasteiger partial charge in [0, 0.05) is 37.2 Å². The number of nitrogens with zero attached hydrogens (tertiary/aromatic N) is 5. The number of aromatic nitrogens is 4. The SMILES string of the molecule is CCc1nsc(N2CCCC(n3ccc(C(F)(F)F)n3)C2)n1. The van der Waals surface area contributed by atoms with Crippen LogP contribution in [0.15, 0.2) is 12.3 Å². The minimum absolute atomic E-state index is 0.0705. The Hall–Kier alpha value is -1.64. The van der Waals surface area contributed by atoms with Crippen LogP contribution in [0.4, 0.5) is 18.3 Å². The maximum absolute atomic E-state index is 12.6. The Morgan fingerprint density at radius 1 is 1.41 bits per heavy atom. The molecule has 0 N–H and O–H groups in total. The molecule has 1 saturated heterocycles. The highest BCUT2D eigenvalue weighted by Crippen LogP contribution is 2.30. The lowest BCUT2D eigenvalue weighted by molar-refractivity contribution is -0.141. The summed E-state index contributed by atoms with van der Waals surface area (Å²) in [7, 11) is 0. The number of aryl methyl sites for hydroxylation is 1. The Bertz CT molecular complexity index is 636. The van der Waals surface area contributed by atoms with Crippen molar-refractivity contribution in [2.24, 2.45) is 0 Å². The predicted octanol–water partition coefficient (Wildman–Crippen LogP) is 3.16. The Kier molecular flexibility index (Phi) is 4.07. The quantitative estimate of drug-likeness (QED) is 0.867. The van der Waals surface area contributed by atoms with E-state index in [-0.39, 0.29) is 6.04 Å². The minimum Gasteiger partial charge on any atom is -0.345 e. The van der Waals surface area contributed by atoms with E-state index < -0.39 is 11.9 Å². The van der Waals surface area contributed by atoms with Crippen LogP contribution in [0.1, 0.15) is 37.3 Å². The largest absolute Gasteiger partial charge is 0.435 e. The second-order valence-corrected chi connectivity index (χ2v) is 6.00. The van der Waals surface area contributed by atoms with Crippen LogP contribution in [0.5, 0.6) is 0 Å². The smallest absolute Gasteiger partial charge is 0.345 e. The number of alkyl halides is 3. The van der Waals surface area contributed by atoms with Crippen LogP contribution < -0.4 is 4.90 Å². The molecule has 5 nitrogen and oxygen atoms in total. The van der Waals surface area contributed by atoms with Gasteiger partial charge >= 0.3 is 6.18 Å². The van der Waals surface area contributed by atoms with Crippen molar-refractivity contribution in [2.75, 3.05) is 18.0 Å². The zero-order chi connectivity index (χ0) is 15.7. The van der Waals surface area contributed by atoms with Crippen LogP contribution in [0.3, 0.4) is 0 Å². The molecule has 120 valence electrons. The topological polar surface area (TPSA) is 46.8 Å². The molecule has 0 radical (unpaired) electrons. The maximum atomic E-state index is 12.6. The summed E-state index contributed by atoms with van der Waals surface area (Å²) in [5.41, 5.74) is -0.839. The fraction of sp³-hybridized carbons (Fsp3) is 0.615. The highest BCUT2D eigenvalue weighted by Gasteiger charge is 2.34. The lowest BCUT2D eigenvalue weighted by atomic mass is 10.1. The lowest BCUT2D eigenvalue weighted by Crippen LogP contribution is -2.36. The van der Waals surface area contributed by atoms with E-state index >= 15 is 0 Å². The van der Waals surface area contributed by atoms with E-state index in [1.165, 1.54) is 22.4 Å². The number of hydrogen-bond acceptors (Lipinski definition) is 5. The lowest BCUT2D eigenvalue weighted by Gasteiger charge is -2.32. The molecule has 0 aliphatic carbocycles.